The van der Waals surface area contributed by atoms with Crippen molar-refractivity contribution < 1.29 is 23.4 Å². The minimum absolute atomic E-state index is 0.0599. The van der Waals surface area contributed by atoms with Crippen LogP contribution in [0.3, 0.4) is 0 Å². The van der Waals surface area contributed by atoms with Gasteiger partial charge in [-0.25, -0.2) is 13.6 Å². The van der Waals surface area contributed by atoms with Crippen LogP contribution in [0.4, 0.5) is 8.78 Å². The normalized spacial score (nSPS) is 10.5. The number of benzene rings is 2. The number of aromatic nitrogens is 2. The molecule has 0 amide bonds. The first-order valence-electron chi connectivity index (χ1n) is 9.42. The second-order valence-electron chi connectivity index (χ2n) is 6.39. The van der Waals surface area contributed by atoms with Gasteiger partial charge in [0.2, 0.25) is 0 Å². The Balaban J connectivity index is 0.000000189. The van der Waals surface area contributed by atoms with Gasteiger partial charge < -0.3 is 9.84 Å². The molecule has 0 radical (unpaired) electrons. The molecule has 0 atom stereocenters. The second kappa shape index (κ2) is 11.9. The number of aliphatic hydroxyl groups excluding tert-OH is 1. The van der Waals surface area contributed by atoms with Gasteiger partial charge >= 0.3 is 5.97 Å². The lowest BCUT2D eigenvalue weighted by Crippen LogP contribution is -2.05. The molecule has 33 heavy (non-hydrogen) atoms. The van der Waals surface area contributed by atoms with Crippen LogP contribution in [0.25, 0.3) is 22.5 Å². The van der Waals surface area contributed by atoms with Gasteiger partial charge in [0.25, 0.3) is 0 Å². The van der Waals surface area contributed by atoms with E-state index >= 15 is 0 Å². The molecule has 1 N–H and O–H groups in total. The number of ether oxygens (including phenoxy) is 1. The summed E-state index contributed by atoms with van der Waals surface area (Å²) in [5, 5.41) is 12.5. The van der Waals surface area contributed by atoms with Gasteiger partial charge in [0.05, 0.1) is 30.2 Å². The molecular formula is C22H16Br2F2N2O3S2. The lowest BCUT2D eigenvalue weighted by Gasteiger charge is -2.05. The Morgan fingerprint density at radius 3 is 2.06 bits per heavy atom. The van der Waals surface area contributed by atoms with E-state index in [0.29, 0.717) is 38.1 Å². The lowest BCUT2D eigenvalue weighted by atomic mass is 10.1. The van der Waals surface area contributed by atoms with Gasteiger partial charge in [0.15, 0.2) is 0 Å². The first kappa shape index (κ1) is 25.6. The van der Waals surface area contributed by atoms with Gasteiger partial charge in [0, 0.05) is 36.4 Å². The molecule has 2 aromatic heterocycles. The maximum atomic E-state index is 13.0. The molecule has 11 heteroatoms. The Labute approximate surface area is 213 Å². The van der Waals surface area contributed by atoms with Crippen LogP contribution in [-0.2, 0) is 11.3 Å². The van der Waals surface area contributed by atoms with E-state index in [1.807, 2.05) is 0 Å². The van der Waals surface area contributed by atoms with E-state index in [9.17, 15) is 13.6 Å². The van der Waals surface area contributed by atoms with Crippen molar-refractivity contribution in [3.8, 4) is 22.5 Å². The van der Waals surface area contributed by atoms with E-state index in [1.165, 1.54) is 35.8 Å². The Kier molecular flexibility index (Phi) is 9.21. The Morgan fingerprint density at radius 2 is 1.52 bits per heavy atom. The fourth-order valence-corrected chi connectivity index (χ4v) is 5.17. The predicted octanol–water partition coefficient (Wildman–Crippen LogP) is 7.09. The number of halogens is 4. The van der Waals surface area contributed by atoms with Crippen molar-refractivity contribution in [2.45, 2.75) is 13.5 Å². The zero-order valence-corrected chi connectivity index (χ0v) is 21.8. The zero-order valence-electron chi connectivity index (χ0n) is 17.0. The molecule has 172 valence electrons. The van der Waals surface area contributed by atoms with Crippen molar-refractivity contribution in [2.75, 3.05) is 6.61 Å². The maximum Gasteiger partial charge on any atom is 0.341 e. The maximum absolute atomic E-state index is 13.0. The fourth-order valence-electron chi connectivity index (χ4n) is 2.74. The number of hydrogen-bond donors (Lipinski definition) is 1. The minimum atomic E-state index is -0.419. The Bertz CT molecular complexity index is 1260. The largest absolute Gasteiger partial charge is 0.462 e. The van der Waals surface area contributed by atoms with Crippen molar-refractivity contribution >= 4 is 60.9 Å². The van der Waals surface area contributed by atoms with Gasteiger partial charge in [-0.3, -0.25) is 0 Å². The number of carbonyl (C=O) groups is 1. The molecule has 5 nitrogen and oxygen atoms in total. The molecule has 2 heterocycles. The second-order valence-corrected chi connectivity index (χ2v) is 9.36. The summed E-state index contributed by atoms with van der Waals surface area (Å²) in [4.78, 5) is 11.7. The number of hydrogen-bond acceptors (Lipinski definition) is 7. The summed E-state index contributed by atoms with van der Waals surface area (Å²) in [5.74, 6) is -1.07. The van der Waals surface area contributed by atoms with Gasteiger partial charge in [-0.05, 0) is 98.2 Å². The van der Waals surface area contributed by atoms with Crippen LogP contribution in [0.1, 0.15) is 22.8 Å². The molecule has 0 saturated heterocycles. The van der Waals surface area contributed by atoms with Crippen LogP contribution in [0, 0.1) is 11.6 Å². The summed E-state index contributed by atoms with van der Waals surface area (Å²) in [6.45, 7) is 1.99. The molecule has 4 rings (SSSR count). The van der Waals surface area contributed by atoms with Gasteiger partial charge in [0.1, 0.15) is 11.6 Å². The summed E-state index contributed by atoms with van der Waals surface area (Å²) in [6, 6.07) is 8.65. The molecule has 2 aromatic carbocycles. The number of carbonyl (C=O) groups excluding carboxylic acids is 1. The zero-order chi connectivity index (χ0) is 24.0. The third-order valence-corrected chi connectivity index (χ3v) is 6.87. The van der Waals surface area contributed by atoms with E-state index in [-0.39, 0.29) is 18.2 Å². The van der Waals surface area contributed by atoms with Crippen molar-refractivity contribution in [1.82, 2.24) is 8.75 Å². The van der Waals surface area contributed by atoms with E-state index in [2.05, 4.69) is 40.6 Å². The molecule has 0 aliphatic carbocycles. The van der Waals surface area contributed by atoms with Crippen LogP contribution in [0.15, 0.2) is 56.1 Å². The molecule has 0 saturated carbocycles. The Morgan fingerprint density at radius 1 is 0.970 bits per heavy atom. The third-order valence-electron chi connectivity index (χ3n) is 4.25. The first-order chi connectivity index (χ1) is 15.8. The monoisotopic (exact) mass is 616 g/mol. The van der Waals surface area contributed by atoms with Gasteiger partial charge in [-0.15, -0.1) is 0 Å². The lowest BCUT2D eigenvalue weighted by molar-refractivity contribution is 0.0527. The van der Waals surface area contributed by atoms with Gasteiger partial charge in [-0.2, -0.15) is 8.75 Å². The SMILES string of the molecule is CCOC(=O)c1csnc1-c1ccc(F)cc1Br.OCc1csnc1-c1ccc(F)cc1Br. The standard InChI is InChI=1S/C12H9BrFNO2S.C10H7BrFNOS/c1-2-17-12(16)9-6-18-15-11(9)8-4-3-7(14)5-10(8)13;11-9-3-7(12)1-2-8(9)10-6(4-14)5-15-13-10/h3-6H,2H2,1H3;1-3,5,14H,4H2. The highest BCUT2D eigenvalue weighted by atomic mass is 79.9. The summed E-state index contributed by atoms with van der Waals surface area (Å²) in [6.07, 6.45) is 0. The third kappa shape index (κ3) is 6.30. The quantitative estimate of drug-likeness (QED) is 0.242. The van der Waals surface area contributed by atoms with Crippen LogP contribution >= 0.6 is 54.9 Å². The summed E-state index contributed by atoms with van der Waals surface area (Å²) < 4.78 is 40.4. The summed E-state index contributed by atoms with van der Waals surface area (Å²) in [5.41, 5.74) is 3.82. The van der Waals surface area contributed by atoms with Crippen LogP contribution < -0.4 is 0 Å². The first-order valence-corrected chi connectivity index (χ1v) is 12.7. The summed E-state index contributed by atoms with van der Waals surface area (Å²) in [7, 11) is 0. The molecule has 4 aromatic rings. The van der Waals surface area contributed by atoms with Crippen molar-refractivity contribution in [2.24, 2.45) is 0 Å². The average molecular weight is 618 g/mol. The fraction of sp³-hybridized carbons (Fsp3) is 0.136. The van der Waals surface area contributed by atoms with Crippen LogP contribution in [0.2, 0.25) is 0 Å². The molecule has 0 fully saturated rings. The van der Waals surface area contributed by atoms with Gasteiger partial charge in [-0.1, -0.05) is 0 Å². The smallest absolute Gasteiger partial charge is 0.341 e. The molecule has 0 bridgehead atoms. The highest BCUT2D eigenvalue weighted by Gasteiger charge is 2.18. The number of nitrogens with zero attached hydrogens (tertiary/aromatic N) is 2. The predicted molar refractivity (Wildman–Crippen MR) is 132 cm³/mol. The van der Waals surface area contributed by atoms with Crippen LogP contribution in [-0.4, -0.2) is 26.4 Å². The topological polar surface area (TPSA) is 72.3 Å². The number of aliphatic hydroxyl groups is 1. The van der Waals surface area contributed by atoms with Crippen molar-refractivity contribution in [1.29, 1.82) is 0 Å². The average Bonchev–Trinajstić information content (AvgIpc) is 3.44. The van der Waals surface area contributed by atoms with E-state index in [4.69, 9.17) is 9.84 Å². The highest BCUT2D eigenvalue weighted by Crippen LogP contribution is 2.32. The van der Waals surface area contributed by atoms with Crippen molar-refractivity contribution in [3.05, 3.63) is 78.9 Å². The number of rotatable bonds is 5. The molecule has 0 unspecified atom stereocenters. The minimum Gasteiger partial charge on any atom is -0.462 e. The molecule has 0 aliphatic heterocycles. The van der Waals surface area contributed by atoms with Crippen molar-refractivity contribution in [3.63, 3.8) is 0 Å². The highest BCUT2D eigenvalue weighted by molar-refractivity contribution is 9.11. The van der Waals surface area contributed by atoms with E-state index in [0.717, 1.165) is 22.7 Å². The number of esters is 1. The van der Waals surface area contributed by atoms with Crippen LogP contribution in [0.5, 0.6) is 0 Å². The molecule has 0 spiro atoms. The van der Waals surface area contributed by atoms with E-state index < -0.39 is 5.97 Å². The van der Waals surface area contributed by atoms with E-state index in [1.54, 1.807) is 29.8 Å². The summed E-state index contributed by atoms with van der Waals surface area (Å²) >= 11 is 8.97. The molecule has 0 aliphatic rings. The Hall–Kier alpha value is -2.05. The molecular weight excluding hydrogens is 602 g/mol.